The summed E-state index contributed by atoms with van der Waals surface area (Å²) in [7, 11) is 0. The Labute approximate surface area is 197 Å². The number of benzene rings is 2. The van der Waals surface area contributed by atoms with Crippen molar-refractivity contribution in [1.29, 1.82) is 0 Å². The first kappa shape index (κ1) is 21.8. The van der Waals surface area contributed by atoms with Crippen LogP contribution >= 0.6 is 0 Å². The molecule has 0 fully saturated rings. The molecule has 2 aromatic carbocycles. The molecule has 0 N–H and O–H groups in total. The normalized spacial score (nSPS) is 12.5. The summed E-state index contributed by atoms with van der Waals surface area (Å²) in [6.07, 6.45) is 1.97. The molecule has 5 aromatic rings. The van der Waals surface area contributed by atoms with E-state index in [2.05, 4.69) is 80.5 Å². The van der Waals surface area contributed by atoms with Crippen molar-refractivity contribution in [2.75, 3.05) is 0 Å². The second kappa shape index (κ2) is 7.80. The Bertz CT molecular complexity index is 1460. The fourth-order valence-corrected chi connectivity index (χ4v) is 6.80. The zero-order valence-electron chi connectivity index (χ0n) is 20.1. The van der Waals surface area contributed by atoms with Crippen molar-refractivity contribution < 1.29 is 4.42 Å². The van der Waals surface area contributed by atoms with Crippen LogP contribution in [0.1, 0.15) is 26.3 Å². The van der Waals surface area contributed by atoms with E-state index >= 15 is 0 Å². The van der Waals surface area contributed by atoms with Gasteiger partial charge in [0.1, 0.15) is 0 Å². The maximum atomic E-state index is 6.57. The van der Waals surface area contributed by atoms with Crippen LogP contribution in [0.25, 0.3) is 44.7 Å². The van der Waals surface area contributed by atoms with Gasteiger partial charge in [-0.05, 0) is 0 Å². The molecule has 0 saturated carbocycles. The van der Waals surface area contributed by atoms with Gasteiger partial charge in [-0.25, -0.2) is 0 Å². The first-order chi connectivity index (χ1) is 15.6. The fraction of sp³-hybridized carbons (Fsp3) is 0.250. The zero-order valence-corrected chi connectivity index (χ0v) is 22.2. The Morgan fingerprint density at radius 1 is 0.788 bits per heavy atom. The van der Waals surface area contributed by atoms with Crippen LogP contribution in [0.3, 0.4) is 0 Å². The van der Waals surface area contributed by atoms with Gasteiger partial charge >= 0.3 is 198 Å². The van der Waals surface area contributed by atoms with E-state index in [0.717, 1.165) is 49.2 Å². The average Bonchev–Trinajstić information content (AvgIpc) is 3.16. The van der Waals surface area contributed by atoms with Crippen molar-refractivity contribution in [3.05, 3.63) is 72.4 Å². The number of aromatic nitrogens is 3. The first-order valence-electron chi connectivity index (χ1n) is 11.4. The van der Waals surface area contributed by atoms with Gasteiger partial charge < -0.3 is 0 Å². The van der Waals surface area contributed by atoms with Crippen LogP contribution in [-0.4, -0.2) is 28.2 Å². The molecule has 0 bridgehead atoms. The van der Waals surface area contributed by atoms with Gasteiger partial charge in [0.05, 0.1) is 0 Å². The van der Waals surface area contributed by atoms with Crippen molar-refractivity contribution in [2.24, 2.45) is 0 Å². The van der Waals surface area contributed by atoms with Crippen LogP contribution in [0.5, 0.6) is 0 Å². The number of rotatable bonds is 3. The summed E-state index contributed by atoms with van der Waals surface area (Å²) in [6.45, 7) is 6.60. The van der Waals surface area contributed by atoms with Crippen LogP contribution in [0.4, 0.5) is 0 Å². The van der Waals surface area contributed by atoms with Crippen LogP contribution in [0.15, 0.2) is 71.3 Å². The Morgan fingerprint density at radius 2 is 1.55 bits per heavy atom. The van der Waals surface area contributed by atoms with Gasteiger partial charge in [-0.2, -0.15) is 0 Å². The Morgan fingerprint density at radius 3 is 2.18 bits per heavy atom. The number of fused-ring (bicyclic) bond motifs is 3. The van der Waals surface area contributed by atoms with E-state index in [4.69, 9.17) is 19.4 Å². The van der Waals surface area contributed by atoms with E-state index in [1.54, 1.807) is 0 Å². The topological polar surface area (TPSA) is 51.8 Å². The van der Waals surface area contributed by atoms with Gasteiger partial charge in [-0.1, -0.05) is 0 Å². The van der Waals surface area contributed by atoms with Crippen LogP contribution in [0, 0.1) is 0 Å². The third-order valence-corrected chi connectivity index (χ3v) is 9.68. The number of para-hydroxylation sites is 1. The Hall–Kier alpha value is -2.99. The predicted molar refractivity (Wildman–Crippen MR) is 140 cm³/mol. The predicted octanol–water partition coefficient (Wildman–Crippen LogP) is 6.95. The molecule has 0 saturated heterocycles. The SMILES string of the molecule is CC(C)(C)c1ccc(-c2cccc3c2oc2[c]([Ge]([CH3])([CH3])[CH3])nc(-c4ccccc4)nc23)nc1. The molecule has 0 unspecified atom stereocenters. The van der Waals surface area contributed by atoms with E-state index in [-0.39, 0.29) is 5.41 Å². The minimum absolute atomic E-state index is 0.0637. The molecule has 33 heavy (non-hydrogen) atoms. The molecule has 0 aliphatic rings. The zero-order chi connectivity index (χ0) is 23.4. The molecular formula is C28H29GeN3O. The molecule has 5 rings (SSSR count). The summed E-state index contributed by atoms with van der Waals surface area (Å²) in [5.74, 6) is 7.80. The summed E-state index contributed by atoms with van der Waals surface area (Å²) < 4.78 is 7.66. The van der Waals surface area contributed by atoms with Crippen LogP contribution < -0.4 is 4.53 Å². The summed E-state index contributed by atoms with van der Waals surface area (Å²) in [5, 5.41) is 1.01. The molecular weight excluding hydrogens is 467 g/mol. The molecule has 0 radical (unpaired) electrons. The summed E-state index contributed by atoms with van der Waals surface area (Å²) in [5.41, 5.74) is 6.74. The second-order valence-corrected chi connectivity index (χ2v) is 21.1. The van der Waals surface area contributed by atoms with E-state index < -0.39 is 13.3 Å². The average molecular weight is 496 g/mol. The quantitative estimate of drug-likeness (QED) is 0.254. The van der Waals surface area contributed by atoms with Gasteiger partial charge in [0.25, 0.3) is 0 Å². The number of hydrogen-bond donors (Lipinski definition) is 0. The van der Waals surface area contributed by atoms with Crippen molar-refractivity contribution in [3.63, 3.8) is 0 Å². The maximum absolute atomic E-state index is 6.57. The molecule has 0 amide bonds. The molecule has 166 valence electrons. The summed E-state index contributed by atoms with van der Waals surface area (Å²) in [6, 6.07) is 20.7. The van der Waals surface area contributed by atoms with E-state index in [1.165, 1.54) is 5.56 Å². The van der Waals surface area contributed by atoms with E-state index in [9.17, 15) is 0 Å². The van der Waals surface area contributed by atoms with Gasteiger partial charge in [-0.3, -0.25) is 0 Å². The van der Waals surface area contributed by atoms with Crippen molar-refractivity contribution in [2.45, 2.75) is 43.5 Å². The fourth-order valence-electron chi connectivity index (χ4n) is 4.09. The van der Waals surface area contributed by atoms with Crippen molar-refractivity contribution in [1.82, 2.24) is 15.0 Å². The van der Waals surface area contributed by atoms with Gasteiger partial charge in [0, 0.05) is 0 Å². The van der Waals surface area contributed by atoms with Gasteiger partial charge in [-0.15, -0.1) is 0 Å². The third-order valence-electron chi connectivity index (χ3n) is 5.99. The molecule has 0 aliphatic carbocycles. The number of nitrogens with zero attached hydrogens (tertiary/aromatic N) is 3. The molecule has 3 aromatic heterocycles. The van der Waals surface area contributed by atoms with Gasteiger partial charge in [0.15, 0.2) is 0 Å². The molecule has 3 heterocycles. The number of pyridine rings is 1. The Balaban J connectivity index is 1.77. The monoisotopic (exact) mass is 497 g/mol. The van der Waals surface area contributed by atoms with Crippen LogP contribution in [0.2, 0.25) is 17.3 Å². The molecule has 0 atom stereocenters. The van der Waals surface area contributed by atoms with E-state index in [0.29, 0.717) is 0 Å². The van der Waals surface area contributed by atoms with Gasteiger partial charge in [0.2, 0.25) is 0 Å². The van der Waals surface area contributed by atoms with Crippen molar-refractivity contribution in [3.8, 4) is 22.6 Å². The number of hydrogen-bond acceptors (Lipinski definition) is 4. The second-order valence-electron chi connectivity index (χ2n) is 10.7. The Kier molecular flexibility index (Phi) is 5.16. The summed E-state index contributed by atoms with van der Waals surface area (Å²) in [4.78, 5) is 14.8. The standard InChI is InChI=1S/C28H29GeN3O/c1-28(2,3)19-15-16-22(30-17-19)20-13-10-14-21-23-25(33-24(20)21)26(29(4,5)6)32-27(31-23)18-11-8-7-9-12-18/h7-17H,1-6H3. The minimum atomic E-state index is -2.37. The number of furan rings is 1. The molecule has 0 spiro atoms. The summed E-state index contributed by atoms with van der Waals surface area (Å²) >= 11 is -2.37. The van der Waals surface area contributed by atoms with Crippen molar-refractivity contribution >= 4 is 39.9 Å². The first-order valence-corrected chi connectivity index (χ1v) is 18.7. The third kappa shape index (κ3) is 3.97. The molecule has 5 heteroatoms. The van der Waals surface area contributed by atoms with E-state index in [1.807, 2.05) is 24.4 Å². The van der Waals surface area contributed by atoms with Crippen LogP contribution in [-0.2, 0) is 5.41 Å². The molecule has 4 nitrogen and oxygen atoms in total. The molecule has 0 aliphatic heterocycles.